The Balaban J connectivity index is 2.05. The van der Waals surface area contributed by atoms with Gasteiger partial charge in [-0.2, -0.15) is 4.31 Å². The van der Waals surface area contributed by atoms with Gasteiger partial charge in [0.2, 0.25) is 15.9 Å². The minimum Gasteiger partial charge on any atom is -0.375 e. The summed E-state index contributed by atoms with van der Waals surface area (Å²) in [6, 6.07) is 6.60. The number of aryl methyl sites for hydroxylation is 1. The van der Waals surface area contributed by atoms with Crippen LogP contribution in [0.25, 0.3) is 0 Å². The van der Waals surface area contributed by atoms with Crippen molar-refractivity contribution in [3.63, 3.8) is 0 Å². The van der Waals surface area contributed by atoms with Crippen molar-refractivity contribution in [3.8, 4) is 0 Å². The van der Waals surface area contributed by atoms with Crippen LogP contribution in [0.1, 0.15) is 12.5 Å². The fourth-order valence-electron chi connectivity index (χ4n) is 2.31. The second-order valence-electron chi connectivity index (χ2n) is 5.60. The predicted octanol–water partition coefficient (Wildman–Crippen LogP) is 0.863. The maximum Gasteiger partial charge on any atom is 0.243 e. The SMILES string of the molecule is Cc1ccc(S(=O)(=O)N(C)CC(=O)N2CCO[C@H](C)C2)cc1. The number of carbonyl (C=O) groups excluding carboxylic acids is 1. The van der Waals surface area contributed by atoms with Gasteiger partial charge in [-0.25, -0.2) is 8.42 Å². The number of benzene rings is 1. The molecule has 0 spiro atoms. The molecule has 1 aromatic carbocycles. The molecule has 1 atom stereocenters. The third-order valence-corrected chi connectivity index (χ3v) is 5.50. The Kier molecular flexibility index (Phi) is 5.20. The standard InChI is InChI=1S/C15H22N2O4S/c1-12-4-6-14(7-5-12)22(19,20)16(3)11-15(18)17-8-9-21-13(2)10-17/h4-7,13H,8-11H2,1-3H3/t13-/m1/s1. The number of hydrogen-bond acceptors (Lipinski definition) is 4. The molecule has 0 unspecified atom stereocenters. The normalized spacial score (nSPS) is 19.5. The minimum atomic E-state index is -3.65. The summed E-state index contributed by atoms with van der Waals surface area (Å²) in [4.78, 5) is 14.1. The molecule has 7 heteroatoms. The molecule has 0 bridgehead atoms. The molecule has 6 nitrogen and oxygen atoms in total. The maximum atomic E-state index is 12.5. The molecule has 1 aliphatic heterocycles. The second-order valence-corrected chi connectivity index (χ2v) is 7.64. The van der Waals surface area contributed by atoms with Crippen molar-refractivity contribution >= 4 is 15.9 Å². The number of carbonyl (C=O) groups is 1. The van der Waals surface area contributed by atoms with E-state index in [9.17, 15) is 13.2 Å². The molecule has 0 aliphatic carbocycles. The largest absolute Gasteiger partial charge is 0.375 e. The zero-order chi connectivity index (χ0) is 16.3. The average molecular weight is 326 g/mol. The number of rotatable bonds is 4. The first kappa shape index (κ1) is 16.9. The lowest BCUT2D eigenvalue weighted by molar-refractivity contribution is -0.138. The first-order valence-corrected chi connectivity index (χ1v) is 8.67. The van der Waals surface area contributed by atoms with E-state index in [2.05, 4.69) is 0 Å². The van der Waals surface area contributed by atoms with Crippen LogP contribution in [0.2, 0.25) is 0 Å². The van der Waals surface area contributed by atoms with Gasteiger partial charge in [-0.15, -0.1) is 0 Å². The molecular formula is C15H22N2O4S. The van der Waals surface area contributed by atoms with Gasteiger partial charge in [0.15, 0.2) is 0 Å². The van der Waals surface area contributed by atoms with Crippen LogP contribution in [0.3, 0.4) is 0 Å². The number of nitrogens with zero attached hydrogens (tertiary/aromatic N) is 2. The molecule has 122 valence electrons. The van der Waals surface area contributed by atoms with Crippen molar-refractivity contribution < 1.29 is 17.9 Å². The van der Waals surface area contributed by atoms with Gasteiger partial charge >= 0.3 is 0 Å². The zero-order valence-electron chi connectivity index (χ0n) is 13.2. The highest BCUT2D eigenvalue weighted by molar-refractivity contribution is 7.89. The Morgan fingerprint density at radius 2 is 2.00 bits per heavy atom. The summed E-state index contributed by atoms with van der Waals surface area (Å²) >= 11 is 0. The highest BCUT2D eigenvalue weighted by atomic mass is 32.2. The van der Waals surface area contributed by atoms with E-state index < -0.39 is 10.0 Å². The first-order chi connectivity index (χ1) is 10.3. The van der Waals surface area contributed by atoms with E-state index in [1.54, 1.807) is 29.2 Å². The van der Waals surface area contributed by atoms with Gasteiger partial charge in [0.25, 0.3) is 0 Å². The summed E-state index contributed by atoms with van der Waals surface area (Å²) in [5, 5.41) is 0. The van der Waals surface area contributed by atoms with Crippen molar-refractivity contribution in [2.75, 3.05) is 33.3 Å². The molecule has 2 rings (SSSR count). The summed E-state index contributed by atoms with van der Waals surface area (Å²) in [5.41, 5.74) is 0.986. The lowest BCUT2D eigenvalue weighted by Gasteiger charge is -2.32. The van der Waals surface area contributed by atoms with Crippen molar-refractivity contribution in [1.82, 2.24) is 9.21 Å². The number of likely N-dealkylation sites (N-methyl/N-ethyl adjacent to an activating group) is 1. The van der Waals surface area contributed by atoms with E-state index in [1.165, 1.54) is 7.05 Å². The second kappa shape index (κ2) is 6.76. The van der Waals surface area contributed by atoms with E-state index in [4.69, 9.17) is 4.74 Å². The summed E-state index contributed by atoms with van der Waals surface area (Å²) in [6.07, 6.45) is -0.0169. The van der Waals surface area contributed by atoms with E-state index in [-0.39, 0.29) is 23.5 Å². The summed E-state index contributed by atoms with van der Waals surface area (Å²) in [6.45, 7) is 5.11. The van der Waals surface area contributed by atoms with Crippen LogP contribution >= 0.6 is 0 Å². The minimum absolute atomic E-state index is 0.0169. The molecule has 1 heterocycles. The summed E-state index contributed by atoms with van der Waals surface area (Å²) < 4.78 is 31.4. The molecule has 0 saturated carbocycles. The van der Waals surface area contributed by atoms with Gasteiger partial charge in [-0.3, -0.25) is 4.79 Å². The number of amides is 1. The molecule has 0 aromatic heterocycles. The zero-order valence-corrected chi connectivity index (χ0v) is 14.0. The smallest absolute Gasteiger partial charge is 0.243 e. The molecule has 0 radical (unpaired) electrons. The lowest BCUT2D eigenvalue weighted by Crippen LogP contribution is -2.48. The van der Waals surface area contributed by atoms with Gasteiger partial charge in [-0.1, -0.05) is 17.7 Å². The van der Waals surface area contributed by atoms with Crippen molar-refractivity contribution in [3.05, 3.63) is 29.8 Å². The predicted molar refractivity (Wildman–Crippen MR) is 83.0 cm³/mol. The Morgan fingerprint density at radius 3 is 2.59 bits per heavy atom. The Bertz CT molecular complexity index is 627. The first-order valence-electron chi connectivity index (χ1n) is 7.23. The van der Waals surface area contributed by atoms with E-state index in [0.29, 0.717) is 19.7 Å². The molecule has 0 N–H and O–H groups in total. The highest BCUT2D eigenvalue weighted by Gasteiger charge is 2.27. The van der Waals surface area contributed by atoms with Gasteiger partial charge < -0.3 is 9.64 Å². The van der Waals surface area contributed by atoms with Gasteiger partial charge in [0.1, 0.15) is 0 Å². The fraction of sp³-hybridized carbons (Fsp3) is 0.533. The summed E-state index contributed by atoms with van der Waals surface area (Å²) in [5.74, 6) is -0.201. The fourth-order valence-corrected chi connectivity index (χ4v) is 3.43. The van der Waals surface area contributed by atoms with Crippen LogP contribution in [0, 0.1) is 6.92 Å². The van der Waals surface area contributed by atoms with Gasteiger partial charge in [-0.05, 0) is 26.0 Å². The Hall–Kier alpha value is -1.44. The molecule has 1 saturated heterocycles. The molecular weight excluding hydrogens is 304 g/mol. The quantitative estimate of drug-likeness (QED) is 0.823. The van der Waals surface area contributed by atoms with Crippen LogP contribution in [-0.2, 0) is 19.6 Å². The number of ether oxygens (including phenoxy) is 1. The molecule has 22 heavy (non-hydrogen) atoms. The van der Waals surface area contributed by atoms with Crippen LogP contribution in [0.5, 0.6) is 0 Å². The summed E-state index contributed by atoms with van der Waals surface area (Å²) in [7, 11) is -2.22. The molecule has 1 aromatic rings. The molecule has 1 amide bonds. The number of morpholine rings is 1. The van der Waals surface area contributed by atoms with Gasteiger partial charge in [0, 0.05) is 20.1 Å². The van der Waals surface area contributed by atoms with Crippen LogP contribution < -0.4 is 0 Å². The van der Waals surface area contributed by atoms with Crippen LogP contribution in [0.4, 0.5) is 0 Å². The third kappa shape index (κ3) is 3.85. The van der Waals surface area contributed by atoms with Crippen molar-refractivity contribution in [2.45, 2.75) is 24.8 Å². The van der Waals surface area contributed by atoms with Crippen molar-refractivity contribution in [1.29, 1.82) is 0 Å². The van der Waals surface area contributed by atoms with Crippen LogP contribution in [-0.4, -0.2) is 62.9 Å². The number of hydrogen-bond donors (Lipinski definition) is 0. The average Bonchev–Trinajstić information content (AvgIpc) is 2.47. The van der Waals surface area contributed by atoms with Crippen LogP contribution in [0.15, 0.2) is 29.2 Å². The van der Waals surface area contributed by atoms with Crippen molar-refractivity contribution in [2.24, 2.45) is 0 Å². The Morgan fingerprint density at radius 1 is 1.36 bits per heavy atom. The number of sulfonamides is 1. The third-order valence-electron chi connectivity index (χ3n) is 3.68. The maximum absolute atomic E-state index is 12.5. The molecule has 1 aliphatic rings. The lowest BCUT2D eigenvalue weighted by atomic mass is 10.2. The van der Waals surface area contributed by atoms with E-state index >= 15 is 0 Å². The van der Waals surface area contributed by atoms with E-state index in [1.807, 2.05) is 13.8 Å². The van der Waals surface area contributed by atoms with Gasteiger partial charge in [0.05, 0.1) is 24.2 Å². The topological polar surface area (TPSA) is 66.9 Å². The molecule has 1 fully saturated rings. The Labute approximate surface area is 131 Å². The highest BCUT2D eigenvalue weighted by Crippen LogP contribution is 2.15. The van der Waals surface area contributed by atoms with E-state index in [0.717, 1.165) is 9.87 Å². The monoisotopic (exact) mass is 326 g/mol.